The fraction of sp³-hybridized carbons (Fsp3) is 0.500. The minimum Gasteiger partial charge on any atom is -0.326 e. The molecule has 1 aliphatic heterocycles. The van der Waals surface area contributed by atoms with Crippen LogP contribution in [0.2, 0.25) is 0 Å². The van der Waals surface area contributed by atoms with Crippen molar-refractivity contribution in [2.45, 2.75) is 38.0 Å². The van der Waals surface area contributed by atoms with Crippen molar-refractivity contribution < 1.29 is 4.79 Å². The van der Waals surface area contributed by atoms with Crippen molar-refractivity contribution in [2.75, 3.05) is 18.4 Å². The van der Waals surface area contributed by atoms with Crippen molar-refractivity contribution in [3.8, 4) is 11.4 Å². The van der Waals surface area contributed by atoms with Crippen LogP contribution in [0.15, 0.2) is 24.3 Å². The van der Waals surface area contributed by atoms with Crippen molar-refractivity contribution in [1.29, 1.82) is 0 Å². The molecule has 1 aliphatic carbocycles. The van der Waals surface area contributed by atoms with Crippen molar-refractivity contribution in [2.24, 2.45) is 5.92 Å². The molecule has 0 spiro atoms. The van der Waals surface area contributed by atoms with Crippen molar-refractivity contribution >= 4 is 24.0 Å². The monoisotopic (exact) mass is 361 g/mol. The van der Waals surface area contributed by atoms with Crippen LogP contribution in [0.25, 0.3) is 11.4 Å². The van der Waals surface area contributed by atoms with Gasteiger partial charge < -0.3 is 10.6 Å². The maximum absolute atomic E-state index is 12.0. The minimum atomic E-state index is 0. The zero-order valence-electron chi connectivity index (χ0n) is 14.1. The van der Waals surface area contributed by atoms with Gasteiger partial charge in [-0.25, -0.2) is 4.98 Å². The third-order valence-electron chi connectivity index (χ3n) is 4.84. The smallest absolute Gasteiger partial charge is 0.224 e. The summed E-state index contributed by atoms with van der Waals surface area (Å²) in [5, 5.41) is 13.6. The quantitative estimate of drug-likeness (QED) is 0.738. The highest BCUT2D eigenvalue weighted by Crippen LogP contribution is 2.38. The number of benzene rings is 1. The Bertz CT molecular complexity index is 705. The van der Waals surface area contributed by atoms with E-state index in [1.165, 1.54) is 19.3 Å². The van der Waals surface area contributed by atoms with Gasteiger partial charge in [0.15, 0.2) is 5.82 Å². The van der Waals surface area contributed by atoms with Gasteiger partial charge in [0.1, 0.15) is 5.82 Å². The molecule has 0 radical (unpaired) electrons. The van der Waals surface area contributed by atoms with E-state index in [0.29, 0.717) is 18.3 Å². The molecular weight excluding hydrogens is 338 g/mol. The lowest BCUT2D eigenvalue weighted by atomic mass is 10.0. The van der Waals surface area contributed by atoms with E-state index < -0.39 is 0 Å². The summed E-state index contributed by atoms with van der Waals surface area (Å²) in [6.45, 7) is 2.12. The molecule has 1 unspecified atom stereocenters. The summed E-state index contributed by atoms with van der Waals surface area (Å²) in [7, 11) is 0. The summed E-state index contributed by atoms with van der Waals surface area (Å²) in [6, 6.07) is 7.74. The van der Waals surface area contributed by atoms with Crippen LogP contribution in [0.1, 0.15) is 43.8 Å². The molecule has 2 aliphatic rings. The standard InChI is InChI=1S/C18H23N5O.ClH/c24-16(8-1-12-9-10-19-11-12)20-15-6-4-14(5-7-15)18-21-17(22-23-18)13-2-3-13;/h4-7,12-13,19H,1-3,8-11H2,(H,20,24)(H,21,22,23);1H. The first-order valence-electron chi connectivity index (χ1n) is 8.81. The number of rotatable bonds is 6. The molecule has 1 atom stereocenters. The molecule has 25 heavy (non-hydrogen) atoms. The molecule has 4 rings (SSSR count). The molecule has 1 aromatic heterocycles. The predicted molar refractivity (Wildman–Crippen MR) is 99.9 cm³/mol. The van der Waals surface area contributed by atoms with Gasteiger partial charge in [-0.15, -0.1) is 12.4 Å². The number of carbonyl (C=O) groups excluding carboxylic acids is 1. The van der Waals surface area contributed by atoms with E-state index in [1.807, 2.05) is 24.3 Å². The zero-order valence-corrected chi connectivity index (χ0v) is 14.9. The number of carbonyl (C=O) groups is 1. The molecule has 1 saturated heterocycles. The Kier molecular flexibility index (Phi) is 5.71. The number of hydrogen-bond donors (Lipinski definition) is 3. The van der Waals surface area contributed by atoms with E-state index in [1.54, 1.807) is 0 Å². The van der Waals surface area contributed by atoms with E-state index >= 15 is 0 Å². The van der Waals surface area contributed by atoms with Gasteiger partial charge in [0.2, 0.25) is 5.91 Å². The van der Waals surface area contributed by atoms with Gasteiger partial charge in [0.05, 0.1) is 0 Å². The number of H-pyrrole nitrogens is 1. The fourth-order valence-corrected chi connectivity index (χ4v) is 3.16. The molecule has 1 saturated carbocycles. The van der Waals surface area contributed by atoms with E-state index in [0.717, 1.165) is 42.4 Å². The number of nitrogens with one attached hydrogen (secondary N) is 3. The van der Waals surface area contributed by atoms with Crippen LogP contribution in [0, 0.1) is 5.92 Å². The van der Waals surface area contributed by atoms with Crippen LogP contribution in [-0.2, 0) is 4.79 Å². The Hall–Kier alpha value is -1.92. The highest BCUT2D eigenvalue weighted by Gasteiger charge is 2.27. The van der Waals surface area contributed by atoms with Crippen molar-refractivity contribution in [3.05, 3.63) is 30.1 Å². The third kappa shape index (κ3) is 4.58. The topological polar surface area (TPSA) is 82.7 Å². The van der Waals surface area contributed by atoms with Crippen LogP contribution in [0.3, 0.4) is 0 Å². The van der Waals surface area contributed by atoms with Gasteiger partial charge in [-0.1, -0.05) is 0 Å². The van der Waals surface area contributed by atoms with Gasteiger partial charge in [0, 0.05) is 23.6 Å². The molecule has 3 N–H and O–H groups in total. The Morgan fingerprint density at radius 2 is 2.00 bits per heavy atom. The van der Waals surface area contributed by atoms with Crippen molar-refractivity contribution in [3.63, 3.8) is 0 Å². The van der Waals surface area contributed by atoms with Crippen LogP contribution in [0.5, 0.6) is 0 Å². The molecule has 134 valence electrons. The van der Waals surface area contributed by atoms with Crippen LogP contribution < -0.4 is 10.6 Å². The second-order valence-corrected chi connectivity index (χ2v) is 6.84. The van der Waals surface area contributed by atoms with E-state index in [-0.39, 0.29) is 18.3 Å². The fourth-order valence-electron chi connectivity index (χ4n) is 3.16. The first kappa shape index (κ1) is 17.9. The van der Waals surface area contributed by atoms with Crippen molar-refractivity contribution in [1.82, 2.24) is 20.5 Å². The van der Waals surface area contributed by atoms with Gasteiger partial charge >= 0.3 is 0 Å². The largest absolute Gasteiger partial charge is 0.326 e. The number of aromatic nitrogens is 3. The van der Waals surface area contributed by atoms with Gasteiger partial charge in [0.25, 0.3) is 0 Å². The summed E-state index contributed by atoms with van der Waals surface area (Å²) < 4.78 is 0. The Balaban J connectivity index is 0.00000182. The molecule has 1 aromatic carbocycles. The maximum Gasteiger partial charge on any atom is 0.224 e. The van der Waals surface area contributed by atoms with Gasteiger partial charge in [-0.05, 0) is 69.0 Å². The number of anilines is 1. The SMILES string of the molecule is Cl.O=C(CCC1CCNC1)Nc1ccc(-c2n[nH]c(C3CC3)n2)cc1. The number of amides is 1. The molecule has 0 bridgehead atoms. The Morgan fingerprint density at radius 3 is 2.68 bits per heavy atom. The van der Waals surface area contributed by atoms with Gasteiger partial charge in [-0.2, -0.15) is 5.10 Å². The molecule has 6 nitrogen and oxygen atoms in total. The number of halogens is 1. The second kappa shape index (κ2) is 7.97. The normalized spacial score (nSPS) is 19.4. The molecule has 7 heteroatoms. The highest BCUT2D eigenvalue weighted by molar-refractivity contribution is 5.90. The van der Waals surface area contributed by atoms with Gasteiger partial charge in [-0.3, -0.25) is 9.89 Å². The predicted octanol–water partition coefficient (Wildman–Crippen LogP) is 3.10. The number of hydrogen-bond acceptors (Lipinski definition) is 4. The summed E-state index contributed by atoms with van der Waals surface area (Å²) in [4.78, 5) is 16.6. The lowest BCUT2D eigenvalue weighted by molar-refractivity contribution is -0.116. The highest BCUT2D eigenvalue weighted by atomic mass is 35.5. The Morgan fingerprint density at radius 1 is 1.20 bits per heavy atom. The third-order valence-corrected chi connectivity index (χ3v) is 4.84. The minimum absolute atomic E-state index is 0. The molecule has 2 fully saturated rings. The average Bonchev–Trinajstić information content (AvgIpc) is 3.12. The second-order valence-electron chi connectivity index (χ2n) is 6.84. The average molecular weight is 362 g/mol. The lowest BCUT2D eigenvalue weighted by Crippen LogP contribution is -2.14. The molecule has 2 heterocycles. The lowest BCUT2D eigenvalue weighted by Gasteiger charge is -2.09. The van der Waals surface area contributed by atoms with Crippen LogP contribution in [0.4, 0.5) is 5.69 Å². The van der Waals surface area contributed by atoms with E-state index in [4.69, 9.17) is 0 Å². The van der Waals surface area contributed by atoms with Crippen LogP contribution in [-0.4, -0.2) is 34.2 Å². The maximum atomic E-state index is 12.0. The summed E-state index contributed by atoms with van der Waals surface area (Å²) in [5.41, 5.74) is 1.79. The first-order chi connectivity index (χ1) is 11.8. The number of nitrogens with zero attached hydrogens (tertiary/aromatic N) is 2. The molecular formula is C18H24ClN5O. The summed E-state index contributed by atoms with van der Waals surface area (Å²) in [5.74, 6) is 3.01. The van der Waals surface area contributed by atoms with Crippen LogP contribution >= 0.6 is 12.4 Å². The summed E-state index contributed by atoms with van der Waals surface area (Å²) in [6.07, 6.45) is 5.13. The van der Waals surface area contributed by atoms with E-state index in [9.17, 15) is 4.79 Å². The van der Waals surface area contributed by atoms with E-state index in [2.05, 4.69) is 25.8 Å². The zero-order chi connectivity index (χ0) is 16.4. The number of aromatic amines is 1. The Labute approximate surface area is 153 Å². The molecule has 2 aromatic rings. The first-order valence-corrected chi connectivity index (χ1v) is 8.81. The molecule has 1 amide bonds. The summed E-state index contributed by atoms with van der Waals surface area (Å²) >= 11 is 0.